The molecule has 22 heavy (non-hydrogen) atoms. The summed E-state index contributed by atoms with van der Waals surface area (Å²) in [6, 6.07) is 26.2. The second-order valence-electron chi connectivity index (χ2n) is 5.50. The number of ether oxygens (including phenoxy) is 2. The Kier molecular flexibility index (Phi) is 2.90. The predicted octanol–water partition coefficient (Wildman–Crippen LogP) is 4.67. The van der Waals surface area contributed by atoms with Gasteiger partial charge in [0.15, 0.2) is 11.5 Å². The molecule has 0 spiro atoms. The van der Waals surface area contributed by atoms with Crippen molar-refractivity contribution in [1.82, 2.24) is 0 Å². The molecule has 0 atom stereocenters. The van der Waals surface area contributed by atoms with Gasteiger partial charge in [0.25, 0.3) is 0 Å². The molecule has 0 N–H and O–H groups in total. The zero-order valence-corrected chi connectivity index (χ0v) is 12.3. The molecule has 1 aliphatic heterocycles. The van der Waals surface area contributed by atoms with Crippen molar-refractivity contribution in [2.45, 2.75) is 12.7 Å². The molecule has 0 saturated carbocycles. The third kappa shape index (κ3) is 1.96. The summed E-state index contributed by atoms with van der Waals surface area (Å²) in [7, 11) is 0. The van der Waals surface area contributed by atoms with Gasteiger partial charge in [-0.3, -0.25) is 0 Å². The first-order valence-electron chi connectivity index (χ1n) is 7.38. The quantitative estimate of drug-likeness (QED) is 0.682. The fourth-order valence-electron chi connectivity index (χ4n) is 2.83. The molecule has 108 valence electrons. The molecule has 0 fully saturated rings. The highest BCUT2D eigenvalue weighted by molar-refractivity contribution is 5.50. The van der Waals surface area contributed by atoms with Crippen LogP contribution in [-0.2, 0) is 5.79 Å². The Bertz CT molecular complexity index is 755. The Labute approximate surface area is 129 Å². The number of hydrogen-bond acceptors (Lipinski definition) is 2. The van der Waals surface area contributed by atoms with Gasteiger partial charge < -0.3 is 9.47 Å². The average Bonchev–Trinajstić information content (AvgIpc) is 2.96. The van der Waals surface area contributed by atoms with Crippen LogP contribution in [0, 0.1) is 6.92 Å². The lowest BCUT2D eigenvalue weighted by atomic mass is 9.97. The van der Waals surface area contributed by atoms with Crippen molar-refractivity contribution >= 4 is 0 Å². The van der Waals surface area contributed by atoms with Crippen LogP contribution >= 0.6 is 0 Å². The highest BCUT2D eigenvalue weighted by Crippen LogP contribution is 2.47. The van der Waals surface area contributed by atoms with Crippen LogP contribution in [0.2, 0.25) is 0 Å². The van der Waals surface area contributed by atoms with Gasteiger partial charge in [0, 0.05) is 11.1 Å². The van der Waals surface area contributed by atoms with E-state index in [-0.39, 0.29) is 0 Å². The first kappa shape index (κ1) is 13.0. The van der Waals surface area contributed by atoms with E-state index in [1.54, 1.807) is 0 Å². The minimum absolute atomic E-state index is 0.776. The molecule has 2 nitrogen and oxygen atoms in total. The summed E-state index contributed by atoms with van der Waals surface area (Å²) in [5.41, 5.74) is 3.12. The van der Waals surface area contributed by atoms with E-state index in [2.05, 4.69) is 6.92 Å². The molecule has 0 aromatic heterocycles. The fraction of sp³-hybridized carbons (Fsp3) is 0.100. The van der Waals surface area contributed by atoms with E-state index >= 15 is 0 Å². The molecule has 3 aromatic carbocycles. The standard InChI is InChI=1S/C20H16O2/c1-15-12-13-18-19(14-15)22-20(21-18,16-8-4-2-5-9-16)17-10-6-3-7-11-17/h2-14H,1H3. The maximum Gasteiger partial charge on any atom is 0.305 e. The summed E-state index contributed by atoms with van der Waals surface area (Å²) >= 11 is 0. The van der Waals surface area contributed by atoms with E-state index in [1.165, 1.54) is 0 Å². The summed E-state index contributed by atoms with van der Waals surface area (Å²) in [6.07, 6.45) is 0. The third-order valence-corrected chi connectivity index (χ3v) is 3.91. The maximum absolute atomic E-state index is 6.33. The molecule has 0 aliphatic carbocycles. The smallest absolute Gasteiger partial charge is 0.305 e. The predicted molar refractivity (Wildman–Crippen MR) is 86.1 cm³/mol. The number of hydrogen-bond donors (Lipinski definition) is 0. The van der Waals surface area contributed by atoms with Crippen molar-refractivity contribution in [3.05, 3.63) is 95.6 Å². The Morgan fingerprint density at radius 3 is 1.77 bits per heavy atom. The summed E-state index contributed by atoms with van der Waals surface area (Å²) < 4.78 is 12.6. The van der Waals surface area contributed by atoms with Gasteiger partial charge in [-0.1, -0.05) is 66.7 Å². The lowest BCUT2D eigenvalue weighted by molar-refractivity contribution is -0.0459. The Morgan fingerprint density at radius 1 is 0.636 bits per heavy atom. The van der Waals surface area contributed by atoms with E-state index in [1.807, 2.05) is 78.9 Å². The molecule has 0 saturated heterocycles. The van der Waals surface area contributed by atoms with Crippen LogP contribution in [0.1, 0.15) is 16.7 Å². The molecule has 4 rings (SSSR count). The van der Waals surface area contributed by atoms with Crippen LogP contribution in [0.3, 0.4) is 0 Å². The van der Waals surface area contributed by atoms with Crippen molar-refractivity contribution in [2.24, 2.45) is 0 Å². The normalized spacial score (nSPS) is 14.8. The molecule has 1 heterocycles. The summed E-state index contributed by atoms with van der Waals surface area (Å²) in [5, 5.41) is 0. The largest absolute Gasteiger partial charge is 0.440 e. The Morgan fingerprint density at radius 2 is 1.18 bits per heavy atom. The zero-order chi connectivity index (χ0) is 15.0. The number of aryl methyl sites for hydroxylation is 1. The second-order valence-corrected chi connectivity index (χ2v) is 5.50. The van der Waals surface area contributed by atoms with Crippen molar-refractivity contribution < 1.29 is 9.47 Å². The topological polar surface area (TPSA) is 18.5 Å². The van der Waals surface area contributed by atoms with E-state index in [0.717, 1.165) is 28.2 Å². The molecule has 2 heteroatoms. The van der Waals surface area contributed by atoms with Gasteiger partial charge in [-0.2, -0.15) is 0 Å². The monoisotopic (exact) mass is 288 g/mol. The van der Waals surface area contributed by atoms with Crippen LogP contribution < -0.4 is 9.47 Å². The van der Waals surface area contributed by atoms with Crippen molar-refractivity contribution in [1.29, 1.82) is 0 Å². The van der Waals surface area contributed by atoms with E-state index in [0.29, 0.717) is 0 Å². The maximum atomic E-state index is 6.33. The SMILES string of the molecule is Cc1ccc2c(c1)OC(c1ccccc1)(c1ccccc1)O2. The summed E-state index contributed by atoms with van der Waals surface area (Å²) in [5.74, 6) is 0.643. The second kappa shape index (κ2) is 4.92. The molecule has 0 bridgehead atoms. The highest BCUT2D eigenvalue weighted by atomic mass is 16.7. The van der Waals surface area contributed by atoms with Crippen LogP contribution in [0.15, 0.2) is 78.9 Å². The summed E-state index contributed by atoms with van der Waals surface area (Å²) in [6.45, 7) is 2.05. The lowest BCUT2D eigenvalue weighted by Crippen LogP contribution is -2.36. The van der Waals surface area contributed by atoms with Gasteiger partial charge in [0.05, 0.1) is 0 Å². The fourth-order valence-corrected chi connectivity index (χ4v) is 2.83. The molecule has 0 amide bonds. The molecule has 3 aromatic rings. The average molecular weight is 288 g/mol. The van der Waals surface area contributed by atoms with Gasteiger partial charge in [-0.25, -0.2) is 0 Å². The van der Waals surface area contributed by atoms with Gasteiger partial charge in [-0.15, -0.1) is 0 Å². The van der Waals surface area contributed by atoms with Crippen LogP contribution in [0.5, 0.6) is 11.5 Å². The first-order chi connectivity index (χ1) is 10.8. The Balaban J connectivity index is 1.90. The molecule has 1 aliphatic rings. The number of rotatable bonds is 2. The van der Waals surface area contributed by atoms with Gasteiger partial charge in [0.1, 0.15) is 0 Å². The highest BCUT2D eigenvalue weighted by Gasteiger charge is 2.45. The number of benzene rings is 3. The third-order valence-electron chi connectivity index (χ3n) is 3.91. The van der Waals surface area contributed by atoms with E-state index < -0.39 is 5.79 Å². The zero-order valence-electron chi connectivity index (χ0n) is 12.3. The Hall–Kier alpha value is -2.74. The van der Waals surface area contributed by atoms with E-state index in [9.17, 15) is 0 Å². The minimum Gasteiger partial charge on any atom is -0.440 e. The van der Waals surface area contributed by atoms with E-state index in [4.69, 9.17) is 9.47 Å². The molecular formula is C20H16O2. The molecule has 0 radical (unpaired) electrons. The van der Waals surface area contributed by atoms with Crippen LogP contribution in [0.4, 0.5) is 0 Å². The first-order valence-corrected chi connectivity index (χ1v) is 7.38. The van der Waals surface area contributed by atoms with Crippen LogP contribution in [-0.4, -0.2) is 0 Å². The van der Waals surface area contributed by atoms with Crippen molar-refractivity contribution in [3.8, 4) is 11.5 Å². The van der Waals surface area contributed by atoms with Crippen LogP contribution in [0.25, 0.3) is 0 Å². The van der Waals surface area contributed by atoms with Gasteiger partial charge >= 0.3 is 5.79 Å². The van der Waals surface area contributed by atoms with Crippen molar-refractivity contribution in [2.75, 3.05) is 0 Å². The molecular weight excluding hydrogens is 272 g/mol. The molecule has 0 unspecified atom stereocenters. The lowest BCUT2D eigenvalue weighted by Gasteiger charge is -2.28. The number of fused-ring (bicyclic) bond motifs is 1. The van der Waals surface area contributed by atoms with Gasteiger partial charge in [-0.05, 0) is 24.6 Å². The summed E-state index contributed by atoms with van der Waals surface area (Å²) in [4.78, 5) is 0. The van der Waals surface area contributed by atoms with Gasteiger partial charge in [0.2, 0.25) is 0 Å². The van der Waals surface area contributed by atoms with Crippen molar-refractivity contribution in [3.63, 3.8) is 0 Å². The minimum atomic E-state index is -0.918.